The number of halogens is 1. The van der Waals surface area contributed by atoms with Gasteiger partial charge < -0.3 is 20.0 Å². The van der Waals surface area contributed by atoms with Gasteiger partial charge in [0.2, 0.25) is 5.91 Å². The maximum Gasteiger partial charge on any atom is 0.277 e. The number of nitrogens with one attached hydrogen (secondary N) is 2. The van der Waals surface area contributed by atoms with E-state index < -0.39 is 0 Å². The van der Waals surface area contributed by atoms with E-state index in [1.165, 1.54) is 9.80 Å². The molecule has 30 heavy (non-hydrogen) atoms. The third-order valence-electron chi connectivity index (χ3n) is 5.62. The predicted octanol–water partition coefficient (Wildman–Crippen LogP) is 1.76. The van der Waals surface area contributed by atoms with Crippen molar-refractivity contribution in [2.24, 2.45) is 0 Å². The summed E-state index contributed by atoms with van der Waals surface area (Å²) in [7, 11) is 1.69. The van der Waals surface area contributed by atoms with Crippen molar-refractivity contribution in [2.45, 2.75) is 13.8 Å². The molecule has 2 amide bonds. The largest absolute Gasteiger partial charge is 0.359 e. The van der Waals surface area contributed by atoms with E-state index in [1.807, 2.05) is 56.3 Å². The van der Waals surface area contributed by atoms with Gasteiger partial charge in [-0.15, -0.1) is 0 Å². The van der Waals surface area contributed by atoms with E-state index in [-0.39, 0.29) is 18.4 Å². The van der Waals surface area contributed by atoms with E-state index in [9.17, 15) is 9.59 Å². The minimum absolute atomic E-state index is 0.0205. The summed E-state index contributed by atoms with van der Waals surface area (Å²) in [6.45, 7) is 7.78. The molecular formula is C23H30ClN4O2+. The number of carbonyl (C=O) groups excluding carboxylic acids is 2. The number of nitrogens with zero attached hydrogens (tertiary/aromatic N) is 2. The number of anilines is 2. The first-order valence-corrected chi connectivity index (χ1v) is 10.7. The third kappa shape index (κ3) is 5.52. The minimum atomic E-state index is -0.179. The molecule has 0 spiro atoms. The molecule has 2 aromatic carbocycles. The lowest BCUT2D eigenvalue weighted by atomic mass is 10.1. The van der Waals surface area contributed by atoms with Crippen molar-refractivity contribution in [2.75, 3.05) is 56.5 Å². The lowest BCUT2D eigenvalue weighted by Gasteiger charge is -2.34. The zero-order valence-corrected chi connectivity index (χ0v) is 18.6. The van der Waals surface area contributed by atoms with Gasteiger partial charge in [-0.1, -0.05) is 41.9 Å². The molecule has 1 aliphatic rings. The van der Waals surface area contributed by atoms with E-state index in [0.29, 0.717) is 6.54 Å². The van der Waals surface area contributed by atoms with E-state index >= 15 is 0 Å². The Morgan fingerprint density at radius 3 is 2.33 bits per heavy atom. The summed E-state index contributed by atoms with van der Waals surface area (Å²) >= 11 is 6.30. The Labute approximate surface area is 183 Å². The molecule has 0 aliphatic carbocycles. The van der Waals surface area contributed by atoms with Gasteiger partial charge in [0.05, 0.1) is 43.4 Å². The predicted molar refractivity (Wildman–Crippen MR) is 121 cm³/mol. The van der Waals surface area contributed by atoms with E-state index in [4.69, 9.17) is 11.6 Å². The molecule has 7 heteroatoms. The smallest absolute Gasteiger partial charge is 0.277 e. The SMILES string of the molecule is Cc1cccc(C)c1NC(=O)CN(C)C(=O)C[NH+]1CCN(c2ccccc2Cl)CC1. The fraction of sp³-hybridized carbons (Fsp3) is 0.391. The van der Waals surface area contributed by atoms with Crippen LogP contribution in [0.15, 0.2) is 42.5 Å². The molecule has 0 bridgehead atoms. The quantitative estimate of drug-likeness (QED) is 0.735. The number of hydrogen-bond acceptors (Lipinski definition) is 3. The number of piperazine rings is 1. The number of likely N-dealkylation sites (N-methyl/N-ethyl adjacent to an activating group) is 1. The van der Waals surface area contributed by atoms with Crippen LogP contribution in [0.25, 0.3) is 0 Å². The molecule has 0 unspecified atom stereocenters. The van der Waals surface area contributed by atoms with Gasteiger partial charge in [0.1, 0.15) is 0 Å². The van der Waals surface area contributed by atoms with Crippen LogP contribution in [0.1, 0.15) is 11.1 Å². The number of amides is 2. The van der Waals surface area contributed by atoms with Crippen LogP contribution in [-0.4, -0.2) is 63.0 Å². The molecule has 0 atom stereocenters. The number of quaternary nitrogens is 1. The number of carbonyl (C=O) groups is 2. The average molecular weight is 430 g/mol. The molecule has 6 nitrogen and oxygen atoms in total. The Hall–Kier alpha value is -2.57. The summed E-state index contributed by atoms with van der Waals surface area (Å²) in [6.07, 6.45) is 0. The van der Waals surface area contributed by atoms with Crippen LogP contribution in [0.2, 0.25) is 5.02 Å². The van der Waals surface area contributed by atoms with Gasteiger partial charge in [-0.05, 0) is 37.1 Å². The van der Waals surface area contributed by atoms with Gasteiger partial charge >= 0.3 is 0 Å². The first kappa shape index (κ1) is 22.1. The highest BCUT2D eigenvalue weighted by molar-refractivity contribution is 6.33. The molecular weight excluding hydrogens is 400 g/mol. The summed E-state index contributed by atoms with van der Waals surface area (Å²) in [6, 6.07) is 13.7. The molecule has 1 aliphatic heterocycles. The Bertz CT molecular complexity index is 890. The van der Waals surface area contributed by atoms with Crippen LogP contribution in [0.3, 0.4) is 0 Å². The third-order valence-corrected chi connectivity index (χ3v) is 5.94. The van der Waals surface area contributed by atoms with Crippen LogP contribution in [0.5, 0.6) is 0 Å². The Balaban J connectivity index is 1.47. The van der Waals surface area contributed by atoms with Crippen molar-refractivity contribution < 1.29 is 14.5 Å². The molecule has 0 aromatic heterocycles. The monoisotopic (exact) mass is 429 g/mol. The molecule has 1 saturated heterocycles. The van der Waals surface area contributed by atoms with Crippen molar-refractivity contribution in [1.29, 1.82) is 0 Å². The second-order valence-corrected chi connectivity index (χ2v) is 8.34. The zero-order valence-electron chi connectivity index (χ0n) is 17.9. The van der Waals surface area contributed by atoms with Gasteiger partial charge in [-0.3, -0.25) is 9.59 Å². The molecule has 1 heterocycles. The lowest BCUT2D eigenvalue weighted by Crippen LogP contribution is -3.15. The first-order chi connectivity index (χ1) is 14.3. The maximum absolute atomic E-state index is 12.6. The number of hydrogen-bond donors (Lipinski definition) is 2. The molecule has 1 fully saturated rings. The number of rotatable bonds is 6. The van der Waals surface area contributed by atoms with E-state index in [0.717, 1.165) is 53.7 Å². The van der Waals surface area contributed by atoms with Crippen LogP contribution in [-0.2, 0) is 9.59 Å². The van der Waals surface area contributed by atoms with Gasteiger partial charge in [-0.2, -0.15) is 0 Å². The molecule has 0 radical (unpaired) electrons. The van der Waals surface area contributed by atoms with Gasteiger partial charge in [0.25, 0.3) is 5.91 Å². The van der Waals surface area contributed by atoms with Crippen molar-refractivity contribution in [3.8, 4) is 0 Å². The number of para-hydroxylation sites is 2. The highest BCUT2D eigenvalue weighted by Gasteiger charge is 2.25. The van der Waals surface area contributed by atoms with E-state index in [1.54, 1.807) is 7.05 Å². The first-order valence-electron chi connectivity index (χ1n) is 10.3. The molecule has 2 aromatic rings. The molecule has 3 rings (SSSR count). The van der Waals surface area contributed by atoms with Crippen LogP contribution in [0.4, 0.5) is 11.4 Å². The summed E-state index contributed by atoms with van der Waals surface area (Å²) < 4.78 is 0. The number of aryl methyl sites for hydroxylation is 2. The van der Waals surface area contributed by atoms with Crippen LogP contribution in [0, 0.1) is 13.8 Å². The summed E-state index contributed by atoms with van der Waals surface area (Å²) in [4.78, 5) is 30.1. The summed E-state index contributed by atoms with van der Waals surface area (Å²) in [5, 5.41) is 3.69. The van der Waals surface area contributed by atoms with Crippen molar-refractivity contribution in [3.05, 3.63) is 58.6 Å². The second-order valence-electron chi connectivity index (χ2n) is 7.93. The summed E-state index contributed by atoms with van der Waals surface area (Å²) in [5.74, 6) is -0.199. The Morgan fingerprint density at radius 1 is 1.07 bits per heavy atom. The summed E-state index contributed by atoms with van der Waals surface area (Å²) in [5.41, 5.74) is 3.89. The van der Waals surface area contributed by atoms with Crippen molar-refractivity contribution >= 4 is 34.8 Å². The zero-order chi connectivity index (χ0) is 21.7. The second kappa shape index (κ2) is 9.96. The van der Waals surface area contributed by atoms with Crippen molar-refractivity contribution in [1.82, 2.24) is 4.90 Å². The molecule has 2 N–H and O–H groups in total. The Morgan fingerprint density at radius 2 is 1.70 bits per heavy atom. The minimum Gasteiger partial charge on any atom is -0.359 e. The average Bonchev–Trinajstić information content (AvgIpc) is 2.72. The number of benzene rings is 2. The van der Waals surface area contributed by atoms with E-state index in [2.05, 4.69) is 10.2 Å². The molecule has 160 valence electrons. The van der Waals surface area contributed by atoms with Crippen LogP contribution >= 0.6 is 11.6 Å². The standard InChI is InChI=1S/C23H29ClN4O2/c1-17-7-6-8-18(2)23(17)25-21(29)15-26(3)22(30)16-27-11-13-28(14-12-27)20-10-5-4-9-19(20)24/h4-10H,11-16H2,1-3H3,(H,25,29)/p+1. The van der Waals surface area contributed by atoms with Crippen LogP contribution < -0.4 is 15.1 Å². The normalized spacial score (nSPS) is 14.5. The highest BCUT2D eigenvalue weighted by Crippen LogP contribution is 2.24. The maximum atomic E-state index is 12.6. The van der Waals surface area contributed by atoms with Gasteiger partial charge in [0, 0.05) is 12.7 Å². The topological polar surface area (TPSA) is 57.1 Å². The fourth-order valence-corrected chi connectivity index (χ4v) is 4.05. The molecule has 0 saturated carbocycles. The highest BCUT2D eigenvalue weighted by atomic mass is 35.5. The van der Waals surface area contributed by atoms with Crippen molar-refractivity contribution in [3.63, 3.8) is 0 Å². The lowest BCUT2D eigenvalue weighted by molar-refractivity contribution is -0.892. The Kier molecular flexibility index (Phi) is 7.34. The fourth-order valence-electron chi connectivity index (χ4n) is 3.79. The van der Waals surface area contributed by atoms with Gasteiger partial charge in [0.15, 0.2) is 6.54 Å². The van der Waals surface area contributed by atoms with Gasteiger partial charge in [-0.25, -0.2) is 0 Å².